The van der Waals surface area contributed by atoms with Crippen LogP contribution in [0.3, 0.4) is 0 Å². The molecule has 1 aliphatic carbocycles. The number of benzene rings is 1. The molecule has 1 aromatic rings. The maximum Gasteiger partial charge on any atom is 0.245 e. The summed E-state index contributed by atoms with van der Waals surface area (Å²) in [6, 6.07) is 4.35. The van der Waals surface area contributed by atoms with Crippen molar-refractivity contribution in [3.63, 3.8) is 0 Å². The largest absolute Gasteiger partial charge is 0.343 e. The Morgan fingerprint density at radius 2 is 1.91 bits per heavy atom. The van der Waals surface area contributed by atoms with Gasteiger partial charge < -0.3 is 21.3 Å². The maximum atomic E-state index is 13.1. The van der Waals surface area contributed by atoms with Crippen LogP contribution in [-0.4, -0.2) is 47.8 Å². The quantitative estimate of drug-likeness (QED) is 0.567. The monoisotopic (exact) mass is 460 g/mol. The molecule has 174 valence electrons. The van der Waals surface area contributed by atoms with Crippen molar-refractivity contribution in [2.24, 2.45) is 11.7 Å². The van der Waals surface area contributed by atoms with Gasteiger partial charge in [-0.25, -0.2) is 0 Å². The van der Waals surface area contributed by atoms with Crippen molar-refractivity contribution < 1.29 is 14.4 Å². The highest BCUT2D eigenvalue weighted by Crippen LogP contribution is 2.30. The van der Waals surface area contributed by atoms with Crippen molar-refractivity contribution >= 4 is 29.3 Å². The molecular weight excluding hydrogens is 428 g/mol. The zero-order valence-electron chi connectivity index (χ0n) is 18.7. The fraction of sp³-hybridized carbons (Fsp3) is 0.542. The first-order valence-corrected chi connectivity index (χ1v) is 11.7. The van der Waals surface area contributed by atoms with E-state index < -0.39 is 29.9 Å². The van der Waals surface area contributed by atoms with Crippen molar-refractivity contribution in [3.8, 4) is 0 Å². The molecule has 1 heterocycles. The summed E-state index contributed by atoms with van der Waals surface area (Å²) in [6.07, 6.45) is 10.4. The molecule has 1 aromatic carbocycles. The molecule has 3 amide bonds. The summed E-state index contributed by atoms with van der Waals surface area (Å²) in [4.78, 5) is 40.1. The number of hydrogen-bond donors (Lipinski definition) is 3. The number of amides is 3. The standard InChI is InChI=1S/C24H33ClN4O3/c1-15(27-23(31)21(26)17-10-6-11-18(25)14-17)22(30)28-19-12-7-13-20(29(2)24(19)32)16-8-4-3-5-9-16/h6-7,10-11,13-16,19-21H,3-5,8-9,12,26H2,1-2H3,(H,27,31)(H,28,30)/t15-,19-,20+,21-/m0/s1. The van der Waals surface area contributed by atoms with Gasteiger partial charge in [0.25, 0.3) is 0 Å². The van der Waals surface area contributed by atoms with Crippen LogP contribution >= 0.6 is 11.6 Å². The summed E-state index contributed by atoms with van der Waals surface area (Å²) >= 11 is 5.96. The minimum Gasteiger partial charge on any atom is -0.343 e. The van der Waals surface area contributed by atoms with Crippen molar-refractivity contribution in [3.05, 3.63) is 47.0 Å². The molecule has 0 aromatic heterocycles. The molecule has 1 saturated carbocycles. The van der Waals surface area contributed by atoms with E-state index in [4.69, 9.17) is 17.3 Å². The topological polar surface area (TPSA) is 105 Å². The van der Waals surface area contributed by atoms with Gasteiger partial charge in [-0.05, 0) is 49.8 Å². The van der Waals surface area contributed by atoms with Crippen LogP contribution in [0.1, 0.15) is 57.1 Å². The Kier molecular flexibility index (Phi) is 8.32. The summed E-state index contributed by atoms with van der Waals surface area (Å²) in [5.41, 5.74) is 6.57. The lowest BCUT2D eigenvalue weighted by molar-refractivity contribution is -0.137. The fourth-order valence-corrected chi connectivity index (χ4v) is 4.76. The van der Waals surface area contributed by atoms with E-state index in [1.807, 2.05) is 13.1 Å². The number of hydrogen-bond acceptors (Lipinski definition) is 4. The SMILES string of the molecule is C[C@H](NC(=O)[C@@H](N)c1cccc(Cl)c1)C(=O)N[C@H]1CC=C[C@H](C2CCCCC2)N(C)C1=O. The van der Waals surface area contributed by atoms with Crippen LogP contribution in [0.5, 0.6) is 0 Å². The van der Waals surface area contributed by atoms with Gasteiger partial charge in [0, 0.05) is 12.1 Å². The number of carbonyl (C=O) groups excluding carboxylic acids is 3. The molecule has 0 unspecified atom stereocenters. The van der Waals surface area contributed by atoms with Gasteiger partial charge in [-0.15, -0.1) is 0 Å². The van der Waals surface area contributed by atoms with Gasteiger partial charge in [-0.2, -0.15) is 0 Å². The summed E-state index contributed by atoms with van der Waals surface area (Å²) in [5.74, 6) is -0.549. The second-order valence-electron chi connectivity index (χ2n) is 8.83. The molecule has 32 heavy (non-hydrogen) atoms. The minimum absolute atomic E-state index is 0.0672. The van der Waals surface area contributed by atoms with Gasteiger partial charge in [0.05, 0.1) is 6.04 Å². The molecule has 1 fully saturated rings. The first-order chi connectivity index (χ1) is 15.3. The summed E-state index contributed by atoms with van der Waals surface area (Å²) < 4.78 is 0. The van der Waals surface area contributed by atoms with Gasteiger partial charge >= 0.3 is 0 Å². The van der Waals surface area contributed by atoms with E-state index in [0.29, 0.717) is 22.9 Å². The highest BCUT2D eigenvalue weighted by Gasteiger charge is 2.34. The van der Waals surface area contributed by atoms with Crippen molar-refractivity contribution in [1.29, 1.82) is 0 Å². The number of nitrogens with two attached hydrogens (primary N) is 1. The van der Waals surface area contributed by atoms with Crippen LogP contribution in [0.2, 0.25) is 5.02 Å². The molecule has 0 bridgehead atoms. The molecule has 2 aliphatic rings. The van der Waals surface area contributed by atoms with E-state index in [1.165, 1.54) is 19.3 Å². The molecule has 7 nitrogen and oxygen atoms in total. The molecule has 1 aliphatic heterocycles. The first kappa shape index (κ1) is 24.3. The number of nitrogens with zero attached hydrogens (tertiary/aromatic N) is 1. The van der Waals surface area contributed by atoms with Crippen molar-refractivity contribution in [1.82, 2.24) is 15.5 Å². The second kappa shape index (κ2) is 11.0. The number of halogens is 1. The van der Waals surface area contributed by atoms with Crippen LogP contribution < -0.4 is 16.4 Å². The van der Waals surface area contributed by atoms with E-state index in [2.05, 4.69) is 16.7 Å². The van der Waals surface area contributed by atoms with Crippen LogP contribution in [0, 0.1) is 5.92 Å². The third-order valence-electron chi connectivity index (χ3n) is 6.49. The van der Waals surface area contributed by atoms with Gasteiger partial charge in [0.1, 0.15) is 18.1 Å². The van der Waals surface area contributed by atoms with Gasteiger partial charge in [0.2, 0.25) is 17.7 Å². The van der Waals surface area contributed by atoms with E-state index in [1.54, 1.807) is 36.1 Å². The zero-order valence-corrected chi connectivity index (χ0v) is 19.5. The molecule has 8 heteroatoms. The third-order valence-corrected chi connectivity index (χ3v) is 6.72. The Morgan fingerprint density at radius 1 is 1.19 bits per heavy atom. The Morgan fingerprint density at radius 3 is 2.59 bits per heavy atom. The number of nitrogens with one attached hydrogen (secondary N) is 2. The van der Waals surface area contributed by atoms with E-state index in [-0.39, 0.29) is 11.9 Å². The normalized spacial score (nSPS) is 23.9. The molecule has 0 spiro atoms. The van der Waals surface area contributed by atoms with E-state index in [9.17, 15) is 14.4 Å². The van der Waals surface area contributed by atoms with Crippen LogP contribution in [0.15, 0.2) is 36.4 Å². The Balaban J connectivity index is 1.56. The highest BCUT2D eigenvalue weighted by molar-refractivity contribution is 6.30. The highest BCUT2D eigenvalue weighted by atomic mass is 35.5. The Labute approximate surface area is 194 Å². The average Bonchev–Trinajstić information content (AvgIpc) is 2.92. The average molecular weight is 461 g/mol. The number of carbonyl (C=O) groups is 3. The molecule has 0 radical (unpaired) electrons. The Bertz CT molecular complexity index is 869. The summed E-state index contributed by atoms with van der Waals surface area (Å²) in [6.45, 7) is 1.57. The zero-order chi connectivity index (χ0) is 23.3. The first-order valence-electron chi connectivity index (χ1n) is 11.3. The number of rotatable bonds is 6. The predicted octanol–water partition coefficient (Wildman–Crippen LogP) is 2.70. The number of likely N-dealkylation sites (N-methyl/N-ethyl adjacent to an activating group) is 1. The lowest BCUT2D eigenvalue weighted by Crippen LogP contribution is -2.54. The predicted molar refractivity (Wildman–Crippen MR) is 125 cm³/mol. The molecule has 3 rings (SSSR count). The minimum atomic E-state index is -0.950. The maximum absolute atomic E-state index is 13.1. The van der Waals surface area contributed by atoms with Gasteiger partial charge in [0.15, 0.2) is 0 Å². The fourth-order valence-electron chi connectivity index (χ4n) is 4.56. The van der Waals surface area contributed by atoms with Crippen LogP contribution in [0.25, 0.3) is 0 Å². The second-order valence-corrected chi connectivity index (χ2v) is 9.26. The van der Waals surface area contributed by atoms with Crippen LogP contribution in [0.4, 0.5) is 0 Å². The van der Waals surface area contributed by atoms with Gasteiger partial charge in [-0.1, -0.05) is 55.1 Å². The van der Waals surface area contributed by atoms with Crippen molar-refractivity contribution in [2.45, 2.75) is 69.6 Å². The molecule has 0 saturated heterocycles. The molecule has 4 N–H and O–H groups in total. The van der Waals surface area contributed by atoms with Crippen molar-refractivity contribution in [2.75, 3.05) is 7.05 Å². The summed E-state index contributed by atoms with van der Waals surface area (Å²) in [5, 5.41) is 5.90. The van der Waals surface area contributed by atoms with E-state index >= 15 is 0 Å². The summed E-state index contributed by atoms with van der Waals surface area (Å²) in [7, 11) is 1.81. The van der Waals surface area contributed by atoms with E-state index in [0.717, 1.165) is 12.8 Å². The lowest BCUT2D eigenvalue weighted by atomic mass is 9.83. The van der Waals surface area contributed by atoms with Gasteiger partial charge in [-0.3, -0.25) is 14.4 Å². The molecule has 4 atom stereocenters. The Hall–Kier alpha value is -2.38. The smallest absolute Gasteiger partial charge is 0.245 e. The van der Waals surface area contributed by atoms with Crippen LogP contribution in [-0.2, 0) is 14.4 Å². The molecular formula is C24H33ClN4O3. The lowest BCUT2D eigenvalue weighted by Gasteiger charge is -2.35. The third kappa shape index (κ3) is 5.90.